The van der Waals surface area contributed by atoms with Crippen LogP contribution in [0.3, 0.4) is 0 Å². The van der Waals surface area contributed by atoms with Crippen molar-refractivity contribution >= 4 is 12.3 Å². The van der Waals surface area contributed by atoms with Gasteiger partial charge in [0.25, 0.3) is 0 Å². The predicted molar refractivity (Wildman–Crippen MR) is 56.4 cm³/mol. The molecule has 4 nitrogen and oxygen atoms in total. The van der Waals surface area contributed by atoms with Gasteiger partial charge in [-0.2, -0.15) is 0 Å². The summed E-state index contributed by atoms with van der Waals surface area (Å²) in [5.41, 5.74) is -0.0385. The Bertz CT molecular complexity index is 586. The van der Waals surface area contributed by atoms with Gasteiger partial charge in [0.05, 0.1) is 11.1 Å². The SMILES string of the molecule is O=Cc1ccc(-c2cc(C(=O)O)ccc2F)o1. The zero-order chi connectivity index (χ0) is 12.4. The van der Waals surface area contributed by atoms with E-state index in [0.717, 1.165) is 18.2 Å². The number of carboxylic acids is 1. The number of carbonyl (C=O) groups is 2. The van der Waals surface area contributed by atoms with Crippen molar-refractivity contribution in [2.45, 2.75) is 0 Å². The molecule has 0 fully saturated rings. The summed E-state index contributed by atoms with van der Waals surface area (Å²) >= 11 is 0. The van der Waals surface area contributed by atoms with Crippen molar-refractivity contribution in [2.75, 3.05) is 0 Å². The number of rotatable bonds is 3. The van der Waals surface area contributed by atoms with Gasteiger partial charge >= 0.3 is 5.97 Å². The lowest BCUT2D eigenvalue weighted by Crippen LogP contribution is -1.97. The Kier molecular flexibility index (Phi) is 2.74. The van der Waals surface area contributed by atoms with E-state index < -0.39 is 11.8 Å². The van der Waals surface area contributed by atoms with E-state index in [0.29, 0.717) is 6.29 Å². The highest BCUT2D eigenvalue weighted by molar-refractivity contribution is 5.89. The van der Waals surface area contributed by atoms with E-state index in [1.807, 2.05) is 0 Å². The van der Waals surface area contributed by atoms with E-state index >= 15 is 0 Å². The molecular weight excluding hydrogens is 227 g/mol. The minimum atomic E-state index is -1.16. The molecule has 0 aliphatic heterocycles. The molecule has 1 aromatic carbocycles. The van der Waals surface area contributed by atoms with Crippen molar-refractivity contribution in [3.8, 4) is 11.3 Å². The summed E-state index contributed by atoms with van der Waals surface area (Å²) in [6.45, 7) is 0. The lowest BCUT2D eigenvalue weighted by atomic mass is 10.1. The van der Waals surface area contributed by atoms with Crippen LogP contribution in [0, 0.1) is 5.82 Å². The van der Waals surface area contributed by atoms with E-state index in [4.69, 9.17) is 9.52 Å². The number of benzene rings is 1. The Hall–Kier alpha value is -2.43. The van der Waals surface area contributed by atoms with Gasteiger partial charge in [0, 0.05) is 0 Å². The minimum absolute atomic E-state index is 0.0120. The first-order valence-electron chi connectivity index (χ1n) is 4.70. The van der Waals surface area contributed by atoms with Gasteiger partial charge in [-0.25, -0.2) is 9.18 Å². The molecule has 1 heterocycles. The van der Waals surface area contributed by atoms with Gasteiger partial charge in [-0.1, -0.05) is 0 Å². The smallest absolute Gasteiger partial charge is 0.335 e. The summed E-state index contributed by atoms with van der Waals surface area (Å²) in [7, 11) is 0. The number of hydrogen-bond donors (Lipinski definition) is 1. The quantitative estimate of drug-likeness (QED) is 0.829. The number of carbonyl (C=O) groups excluding carboxylic acids is 1. The van der Waals surface area contributed by atoms with Gasteiger partial charge in [0.15, 0.2) is 12.0 Å². The number of carboxylic acid groups (broad SMARTS) is 1. The van der Waals surface area contributed by atoms with E-state index in [2.05, 4.69) is 0 Å². The topological polar surface area (TPSA) is 67.5 Å². The normalized spacial score (nSPS) is 10.2. The number of furan rings is 1. The van der Waals surface area contributed by atoms with Crippen molar-refractivity contribution in [2.24, 2.45) is 0 Å². The molecule has 5 heteroatoms. The summed E-state index contributed by atoms with van der Waals surface area (Å²) < 4.78 is 18.5. The van der Waals surface area contributed by atoms with E-state index in [9.17, 15) is 14.0 Å². The molecule has 2 rings (SSSR count). The lowest BCUT2D eigenvalue weighted by molar-refractivity contribution is 0.0696. The summed E-state index contributed by atoms with van der Waals surface area (Å²) in [6, 6.07) is 6.15. The van der Waals surface area contributed by atoms with E-state index in [1.54, 1.807) is 0 Å². The van der Waals surface area contributed by atoms with Gasteiger partial charge in [-0.15, -0.1) is 0 Å². The standard InChI is InChI=1S/C12H7FO4/c13-10-3-1-7(12(15)16)5-9(10)11-4-2-8(6-14)17-11/h1-6H,(H,15,16). The minimum Gasteiger partial charge on any atom is -0.478 e. The van der Waals surface area contributed by atoms with Crippen molar-refractivity contribution in [1.82, 2.24) is 0 Å². The van der Waals surface area contributed by atoms with Gasteiger partial charge in [-0.3, -0.25) is 4.79 Å². The zero-order valence-corrected chi connectivity index (χ0v) is 8.51. The highest BCUT2D eigenvalue weighted by atomic mass is 19.1. The van der Waals surface area contributed by atoms with E-state index in [1.165, 1.54) is 12.1 Å². The second kappa shape index (κ2) is 4.21. The molecule has 0 saturated carbocycles. The third-order valence-electron chi connectivity index (χ3n) is 2.22. The first kappa shape index (κ1) is 11.1. The molecule has 1 aromatic heterocycles. The van der Waals surface area contributed by atoms with Crippen LogP contribution in [0.1, 0.15) is 20.9 Å². The average molecular weight is 234 g/mol. The van der Waals surface area contributed by atoms with Crippen LogP contribution in [0.5, 0.6) is 0 Å². The van der Waals surface area contributed by atoms with Gasteiger partial charge in [0.1, 0.15) is 11.6 Å². The molecule has 0 aliphatic carbocycles. The predicted octanol–water partition coefficient (Wildman–Crippen LogP) is 2.60. The molecule has 0 amide bonds. The third-order valence-corrected chi connectivity index (χ3v) is 2.22. The Balaban J connectivity index is 2.53. The van der Waals surface area contributed by atoms with Gasteiger partial charge in [0.2, 0.25) is 0 Å². The van der Waals surface area contributed by atoms with Crippen molar-refractivity contribution < 1.29 is 23.5 Å². The highest BCUT2D eigenvalue weighted by Crippen LogP contribution is 2.25. The fraction of sp³-hybridized carbons (Fsp3) is 0. The van der Waals surface area contributed by atoms with Crippen LogP contribution in [0.2, 0.25) is 0 Å². The molecule has 1 N–H and O–H groups in total. The van der Waals surface area contributed by atoms with Crippen LogP contribution in [0.4, 0.5) is 4.39 Å². The maximum atomic E-state index is 13.5. The summed E-state index contributed by atoms with van der Waals surface area (Å²) in [4.78, 5) is 21.2. The summed E-state index contributed by atoms with van der Waals surface area (Å²) in [5, 5.41) is 8.79. The van der Waals surface area contributed by atoms with E-state index in [-0.39, 0.29) is 22.6 Å². The first-order valence-corrected chi connectivity index (χ1v) is 4.70. The monoisotopic (exact) mass is 234 g/mol. The average Bonchev–Trinajstić information content (AvgIpc) is 2.77. The molecule has 0 atom stereocenters. The molecule has 86 valence electrons. The molecule has 0 saturated heterocycles. The van der Waals surface area contributed by atoms with Crippen LogP contribution in [0.25, 0.3) is 11.3 Å². The van der Waals surface area contributed by atoms with Crippen LogP contribution in [-0.4, -0.2) is 17.4 Å². The van der Waals surface area contributed by atoms with Gasteiger partial charge in [-0.05, 0) is 30.3 Å². The molecule has 0 radical (unpaired) electrons. The molecular formula is C12H7FO4. The van der Waals surface area contributed by atoms with Crippen LogP contribution >= 0.6 is 0 Å². The summed E-state index contributed by atoms with van der Waals surface area (Å²) in [5.74, 6) is -1.59. The Morgan fingerprint density at radius 3 is 2.65 bits per heavy atom. The van der Waals surface area contributed by atoms with Crippen molar-refractivity contribution in [3.05, 3.63) is 47.5 Å². The van der Waals surface area contributed by atoms with Crippen LogP contribution in [-0.2, 0) is 0 Å². The third kappa shape index (κ3) is 2.08. The lowest BCUT2D eigenvalue weighted by Gasteiger charge is -2.01. The van der Waals surface area contributed by atoms with Crippen molar-refractivity contribution in [3.63, 3.8) is 0 Å². The molecule has 0 unspecified atom stereocenters. The maximum absolute atomic E-state index is 13.5. The first-order chi connectivity index (χ1) is 8.11. The fourth-order valence-electron chi connectivity index (χ4n) is 1.41. The molecule has 0 spiro atoms. The second-order valence-electron chi connectivity index (χ2n) is 3.32. The summed E-state index contributed by atoms with van der Waals surface area (Å²) in [6.07, 6.45) is 0.489. The van der Waals surface area contributed by atoms with Gasteiger partial charge < -0.3 is 9.52 Å². The Morgan fingerprint density at radius 1 is 1.29 bits per heavy atom. The maximum Gasteiger partial charge on any atom is 0.335 e. The molecule has 0 bridgehead atoms. The Labute approximate surface area is 95.3 Å². The zero-order valence-electron chi connectivity index (χ0n) is 8.51. The number of aromatic carboxylic acids is 1. The fourth-order valence-corrected chi connectivity index (χ4v) is 1.41. The highest BCUT2D eigenvalue weighted by Gasteiger charge is 2.13. The molecule has 17 heavy (non-hydrogen) atoms. The van der Waals surface area contributed by atoms with Crippen LogP contribution < -0.4 is 0 Å². The van der Waals surface area contributed by atoms with Crippen molar-refractivity contribution in [1.29, 1.82) is 0 Å². The number of aldehydes is 1. The molecule has 0 aliphatic rings. The Morgan fingerprint density at radius 2 is 2.06 bits per heavy atom. The largest absolute Gasteiger partial charge is 0.478 e. The number of hydrogen-bond acceptors (Lipinski definition) is 3. The molecule has 2 aromatic rings. The number of halogens is 1. The second-order valence-corrected chi connectivity index (χ2v) is 3.32. The van der Waals surface area contributed by atoms with Crippen LogP contribution in [0.15, 0.2) is 34.7 Å².